The number of amides is 1. The molecule has 0 radical (unpaired) electrons. The molecule has 7 nitrogen and oxygen atoms in total. The van der Waals surface area contributed by atoms with Crippen LogP contribution in [0, 0.1) is 0 Å². The van der Waals surface area contributed by atoms with Crippen LogP contribution in [0.5, 0.6) is 0 Å². The van der Waals surface area contributed by atoms with Crippen molar-refractivity contribution in [2.24, 2.45) is 11.5 Å². The van der Waals surface area contributed by atoms with E-state index in [0.717, 1.165) is 27.9 Å². The molecule has 2 heterocycles. The number of hydrogen-bond acceptors (Lipinski definition) is 6. The van der Waals surface area contributed by atoms with Crippen LogP contribution in [0.15, 0.2) is 71.4 Å². The minimum Gasteiger partial charge on any atom is -0.366 e. The lowest BCUT2D eigenvalue weighted by atomic mass is 10.0. The Hall–Kier alpha value is -3.84. The fraction of sp³-hybridized carbons (Fsp3) is 0.130. The highest BCUT2D eigenvalue weighted by Crippen LogP contribution is 2.27. The second-order valence-electron chi connectivity index (χ2n) is 6.99. The molecule has 0 aliphatic carbocycles. The molecule has 1 atom stereocenters. The van der Waals surface area contributed by atoms with Crippen molar-refractivity contribution < 1.29 is 9.32 Å². The number of nitrogens with zero attached hydrogens (tertiary/aromatic N) is 3. The van der Waals surface area contributed by atoms with Crippen molar-refractivity contribution in [2.75, 3.05) is 0 Å². The van der Waals surface area contributed by atoms with Crippen LogP contribution in [0.4, 0.5) is 0 Å². The molecule has 4 N–H and O–H groups in total. The Bertz CT molecular complexity index is 1180. The lowest BCUT2D eigenvalue weighted by Crippen LogP contribution is -2.10. The van der Waals surface area contributed by atoms with Gasteiger partial charge in [-0.3, -0.25) is 9.78 Å². The lowest BCUT2D eigenvalue weighted by Gasteiger charge is -2.09. The minimum absolute atomic E-state index is 0.186. The van der Waals surface area contributed by atoms with Gasteiger partial charge in [-0.05, 0) is 53.9 Å². The summed E-state index contributed by atoms with van der Waals surface area (Å²) >= 11 is 0. The second kappa shape index (κ2) is 8.26. The van der Waals surface area contributed by atoms with E-state index in [9.17, 15) is 4.79 Å². The number of aromatic nitrogens is 3. The average molecular weight is 399 g/mol. The number of hydrogen-bond donors (Lipinski definition) is 2. The van der Waals surface area contributed by atoms with E-state index in [1.54, 1.807) is 18.3 Å². The van der Waals surface area contributed by atoms with Gasteiger partial charge < -0.3 is 16.0 Å². The predicted molar refractivity (Wildman–Crippen MR) is 113 cm³/mol. The van der Waals surface area contributed by atoms with E-state index in [1.807, 2.05) is 55.5 Å². The van der Waals surface area contributed by atoms with Gasteiger partial charge in [-0.15, -0.1) is 0 Å². The molecule has 0 aliphatic heterocycles. The highest BCUT2D eigenvalue weighted by Gasteiger charge is 2.19. The first-order valence-corrected chi connectivity index (χ1v) is 9.54. The third kappa shape index (κ3) is 3.97. The summed E-state index contributed by atoms with van der Waals surface area (Å²) in [5.74, 6) is 0.366. The molecule has 0 fully saturated rings. The summed E-state index contributed by atoms with van der Waals surface area (Å²) in [5, 5.41) is 4.12. The molecule has 2 aromatic carbocycles. The van der Waals surface area contributed by atoms with Gasteiger partial charge in [-0.25, -0.2) is 0 Å². The van der Waals surface area contributed by atoms with E-state index in [2.05, 4.69) is 15.1 Å². The monoisotopic (exact) mass is 399 g/mol. The van der Waals surface area contributed by atoms with Crippen LogP contribution < -0.4 is 11.5 Å². The summed E-state index contributed by atoms with van der Waals surface area (Å²) in [5.41, 5.74) is 16.1. The maximum absolute atomic E-state index is 11.3. The minimum atomic E-state index is -0.449. The summed E-state index contributed by atoms with van der Waals surface area (Å²) in [7, 11) is 0. The van der Waals surface area contributed by atoms with Gasteiger partial charge >= 0.3 is 0 Å². The SMILES string of the molecule is CC(c1cc(-c2ccc(C(N)=O)cc2)ccn1)c1nc(-c2cccc(CN)c2)no1. The quantitative estimate of drug-likeness (QED) is 0.512. The van der Waals surface area contributed by atoms with Crippen molar-refractivity contribution >= 4 is 5.91 Å². The van der Waals surface area contributed by atoms with E-state index >= 15 is 0 Å². The normalized spacial score (nSPS) is 11.9. The summed E-state index contributed by atoms with van der Waals surface area (Å²) in [6.07, 6.45) is 1.74. The third-order valence-corrected chi connectivity index (χ3v) is 4.96. The molecule has 4 rings (SSSR count). The van der Waals surface area contributed by atoms with Crippen LogP contribution >= 0.6 is 0 Å². The predicted octanol–water partition coefficient (Wildman–Crippen LogP) is 3.51. The average Bonchev–Trinajstić information content (AvgIpc) is 3.29. The second-order valence-corrected chi connectivity index (χ2v) is 6.99. The molecule has 30 heavy (non-hydrogen) atoms. The first-order chi connectivity index (χ1) is 14.5. The van der Waals surface area contributed by atoms with Gasteiger partial charge in [-0.1, -0.05) is 35.5 Å². The maximum Gasteiger partial charge on any atom is 0.248 e. The van der Waals surface area contributed by atoms with E-state index in [4.69, 9.17) is 16.0 Å². The molecule has 2 aromatic heterocycles. The number of primary amides is 1. The Morgan fingerprint density at radius 3 is 2.57 bits per heavy atom. The molecule has 0 saturated carbocycles. The first kappa shape index (κ1) is 19.5. The molecule has 0 spiro atoms. The first-order valence-electron chi connectivity index (χ1n) is 9.54. The number of benzene rings is 2. The number of nitrogens with two attached hydrogens (primary N) is 2. The Morgan fingerprint density at radius 2 is 1.83 bits per heavy atom. The molecular weight excluding hydrogens is 378 g/mol. The molecule has 0 saturated heterocycles. The summed E-state index contributed by atoms with van der Waals surface area (Å²) < 4.78 is 5.51. The molecule has 4 aromatic rings. The van der Waals surface area contributed by atoms with Crippen molar-refractivity contribution in [1.82, 2.24) is 15.1 Å². The van der Waals surface area contributed by atoms with E-state index in [0.29, 0.717) is 23.8 Å². The lowest BCUT2D eigenvalue weighted by molar-refractivity contribution is 0.100. The Morgan fingerprint density at radius 1 is 1.03 bits per heavy atom. The zero-order valence-corrected chi connectivity index (χ0v) is 16.4. The molecule has 150 valence electrons. The highest BCUT2D eigenvalue weighted by molar-refractivity contribution is 5.93. The van der Waals surface area contributed by atoms with Crippen molar-refractivity contribution in [3.05, 3.63) is 89.6 Å². The highest BCUT2D eigenvalue weighted by atomic mass is 16.5. The number of carbonyl (C=O) groups excluding carboxylic acids is 1. The zero-order valence-electron chi connectivity index (χ0n) is 16.4. The molecule has 0 aliphatic rings. The van der Waals surface area contributed by atoms with Crippen molar-refractivity contribution in [3.63, 3.8) is 0 Å². The van der Waals surface area contributed by atoms with Gasteiger partial charge in [0.25, 0.3) is 0 Å². The molecule has 1 amide bonds. The Kier molecular flexibility index (Phi) is 5.36. The number of pyridine rings is 1. The van der Waals surface area contributed by atoms with Crippen LogP contribution in [-0.2, 0) is 6.54 Å². The van der Waals surface area contributed by atoms with Crippen molar-refractivity contribution in [3.8, 4) is 22.5 Å². The number of rotatable bonds is 6. The van der Waals surface area contributed by atoms with Crippen LogP contribution in [0.2, 0.25) is 0 Å². The van der Waals surface area contributed by atoms with Crippen molar-refractivity contribution in [2.45, 2.75) is 19.4 Å². The fourth-order valence-corrected chi connectivity index (χ4v) is 3.18. The number of carbonyl (C=O) groups is 1. The van der Waals surface area contributed by atoms with Crippen molar-refractivity contribution in [1.29, 1.82) is 0 Å². The van der Waals surface area contributed by atoms with Gasteiger partial charge in [0.15, 0.2) is 0 Å². The zero-order chi connectivity index (χ0) is 21.1. The van der Waals surface area contributed by atoms with Crippen LogP contribution in [-0.4, -0.2) is 21.0 Å². The Labute approximate surface area is 173 Å². The summed E-state index contributed by atoms with van der Waals surface area (Å²) in [6.45, 7) is 2.42. The van der Waals surface area contributed by atoms with Gasteiger partial charge in [0.05, 0.1) is 11.6 Å². The third-order valence-electron chi connectivity index (χ3n) is 4.96. The van der Waals surface area contributed by atoms with E-state index < -0.39 is 5.91 Å². The van der Waals surface area contributed by atoms with Crippen LogP contribution in [0.1, 0.15) is 40.3 Å². The summed E-state index contributed by atoms with van der Waals surface area (Å²) in [6, 6.07) is 18.8. The molecular formula is C23H21N5O2. The van der Waals surface area contributed by atoms with Gasteiger partial charge in [0.2, 0.25) is 17.6 Å². The summed E-state index contributed by atoms with van der Waals surface area (Å²) in [4.78, 5) is 20.3. The van der Waals surface area contributed by atoms with Gasteiger partial charge in [-0.2, -0.15) is 4.98 Å². The smallest absolute Gasteiger partial charge is 0.248 e. The van der Waals surface area contributed by atoms with E-state index in [1.165, 1.54) is 0 Å². The van der Waals surface area contributed by atoms with Crippen LogP contribution in [0.25, 0.3) is 22.5 Å². The molecule has 7 heteroatoms. The fourth-order valence-electron chi connectivity index (χ4n) is 3.18. The maximum atomic E-state index is 11.3. The molecule has 1 unspecified atom stereocenters. The van der Waals surface area contributed by atoms with Gasteiger partial charge in [0, 0.05) is 23.9 Å². The topological polar surface area (TPSA) is 121 Å². The van der Waals surface area contributed by atoms with E-state index in [-0.39, 0.29) is 5.92 Å². The largest absolute Gasteiger partial charge is 0.366 e. The van der Waals surface area contributed by atoms with Crippen LogP contribution in [0.3, 0.4) is 0 Å². The van der Waals surface area contributed by atoms with Gasteiger partial charge in [0.1, 0.15) is 0 Å². The molecule has 0 bridgehead atoms. The Balaban J connectivity index is 1.59. The standard InChI is InChI=1S/C23H21N5O2/c1-14(23-27-22(28-30-23)19-4-2-3-15(11-19)13-24)20-12-18(9-10-26-20)16-5-7-17(8-6-16)21(25)29/h2-12,14H,13,24H2,1H3,(H2,25,29).